The molecule has 0 radical (unpaired) electrons. The second kappa shape index (κ2) is 6.53. The Morgan fingerprint density at radius 3 is 2.78 bits per heavy atom. The van der Waals surface area contributed by atoms with Crippen LogP contribution < -0.4 is 5.32 Å². The summed E-state index contributed by atoms with van der Waals surface area (Å²) in [6, 6.07) is 5.05. The van der Waals surface area contributed by atoms with Gasteiger partial charge >= 0.3 is 0 Å². The highest BCUT2D eigenvalue weighted by molar-refractivity contribution is 6.30. The molecule has 2 aromatic rings. The first-order chi connectivity index (χ1) is 10.9. The Balaban J connectivity index is 1.54. The molecule has 3 nitrogen and oxygen atoms in total. The molecular formula is C16H17ClF3N3. The lowest BCUT2D eigenvalue weighted by Gasteiger charge is -2.36. The van der Waals surface area contributed by atoms with Crippen molar-refractivity contribution in [2.24, 2.45) is 7.05 Å². The van der Waals surface area contributed by atoms with E-state index in [-0.39, 0.29) is 16.8 Å². The summed E-state index contributed by atoms with van der Waals surface area (Å²) < 4.78 is 40.3. The van der Waals surface area contributed by atoms with Crippen LogP contribution in [0.4, 0.5) is 13.2 Å². The van der Waals surface area contributed by atoms with Crippen LogP contribution in [0.1, 0.15) is 42.0 Å². The summed E-state index contributed by atoms with van der Waals surface area (Å²) in [5, 5.41) is 7.20. The molecule has 0 unspecified atom stereocenters. The summed E-state index contributed by atoms with van der Waals surface area (Å²) in [6.07, 6.45) is 0.812. The maximum absolute atomic E-state index is 13.2. The average Bonchev–Trinajstić information content (AvgIpc) is 2.82. The van der Waals surface area contributed by atoms with Crippen LogP contribution >= 0.6 is 11.6 Å². The van der Waals surface area contributed by atoms with Crippen LogP contribution in [-0.2, 0) is 13.6 Å². The predicted octanol–water partition coefficient (Wildman–Crippen LogP) is 4.19. The molecule has 1 N–H and O–H groups in total. The van der Waals surface area contributed by atoms with Gasteiger partial charge in [0.05, 0.1) is 5.02 Å². The van der Waals surface area contributed by atoms with E-state index >= 15 is 0 Å². The fourth-order valence-corrected chi connectivity index (χ4v) is 3.14. The first-order valence-corrected chi connectivity index (χ1v) is 7.80. The zero-order valence-corrected chi connectivity index (χ0v) is 13.3. The number of halogens is 4. The number of aryl methyl sites for hydroxylation is 1. The van der Waals surface area contributed by atoms with Crippen molar-refractivity contribution < 1.29 is 13.2 Å². The van der Waals surface area contributed by atoms with Gasteiger partial charge in [-0.2, -0.15) is 5.10 Å². The first kappa shape index (κ1) is 16.3. The Bertz CT molecular complexity index is 696. The molecule has 0 bridgehead atoms. The SMILES string of the molecule is Cn1cc(CNC2CC(c3ccc(F)c(Cl)c3)C2)c(C(F)F)n1. The summed E-state index contributed by atoms with van der Waals surface area (Å²) in [7, 11) is 1.63. The van der Waals surface area contributed by atoms with Crippen molar-refractivity contribution in [1.29, 1.82) is 0 Å². The zero-order valence-electron chi connectivity index (χ0n) is 12.6. The monoisotopic (exact) mass is 343 g/mol. The van der Waals surface area contributed by atoms with Crippen LogP contribution in [0.15, 0.2) is 24.4 Å². The van der Waals surface area contributed by atoms with Gasteiger partial charge in [0.2, 0.25) is 0 Å². The molecule has 0 saturated heterocycles. The van der Waals surface area contributed by atoms with Gasteiger partial charge in [-0.15, -0.1) is 0 Å². The lowest BCUT2D eigenvalue weighted by Crippen LogP contribution is -2.39. The van der Waals surface area contributed by atoms with Crippen LogP contribution in [0, 0.1) is 5.82 Å². The molecule has 1 aromatic carbocycles. The van der Waals surface area contributed by atoms with Crippen LogP contribution in [0.2, 0.25) is 5.02 Å². The third-order valence-corrected chi connectivity index (χ3v) is 4.57. The topological polar surface area (TPSA) is 29.9 Å². The van der Waals surface area contributed by atoms with Gasteiger partial charge in [-0.3, -0.25) is 4.68 Å². The molecule has 1 heterocycles. The van der Waals surface area contributed by atoms with Crippen molar-refractivity contribution in [2.75, 3.05) is 0 Å². The van der Waals surface area contributed by atoms with E-state index in [1.165, 1.54) is 10.7 Å². The summed E-state index contributed by atoms with van der Waals surface area (Å²) in [5.74, 6) is -0.0883. The van der Waals surface area contributed by atoms with Crippen molar-refractivity contribution >= 4 is 11.6 Å². The summed E-state index contributed by atoms with van der Waals surface area (Å²) in [6.45, 7) is 0.370. The molecule has 3 rings (SSSR count). The Kier molecular flexibility index (Phi) is 4.64. The van der Waals surface area contributed by atoms with Gasteiger partial charge in [0.15, 0.2) is 0 Å². The minimum atomic E-state index is -2.57. The minimum absolute atomic E-state index is 0.135. The van der Waals surface area contributed by atoms with Gasteiger partial charge in [-0.1, -0.05) is 17.7 Å². The number of nitrogens with zero attached hydrogens (tertiary/aromatic N) is 2. The van der Waals surface area contributed by atoms with Crippen molar-refractivity contribution in [3.63, 3.8) is 0 Å². The number of aromatic nitrogens is 2. The molecule has 1 fully saturated rings. The molecule has 0 spiro atoms. The van der Waals surface area contributed by atoms with Gasteiger partial charge in [0.25, 0.3) is 6.43 Å². The summed E-state index contributed by atoms with van der Waals surface area (Å²) in [5.41, 5.74) is 1.38. The molecular weight excluding hydrogens is 327 g/mol. The maximum Gasteiger partial charge on any atom is 0.282 e. The number of benzene rings is 1. The van der Waals surface area contributed by atoms with Crippen LogP contribution in [-0.4, -0.2) is 15.8 Å². The van der Waals surface area contributed by atoms with Gasteiger partial charge < -0.3 is 5.32 Å². The van der Waals surface area contributed by atoms with Crippen molar-refractivity contribution in [3.05, 3.63) is 52.1 Å². The number of hydrogen-bond acceptors (Lipinski definition) is 2. The molecule has 1 aromatic heterocycles. The Morgan fingerprint density at radius 1 is 1.39 bits per heavy atom. The molecule has 0 amide bonds. The van der Waals surface area contributed by atoms with E-state index in [9.17, 15) is 13.2 Å². The van der Waals surface area contributed by atoms with Crippen LogP contribution in [0.3, 0.4) is 0 Å². The highest BCUT2D eigenvalue weighted by Crippen LogP contribution is 2.38. The number of nitrogens with one attached hydrogen (secondary N) is 1. The van der Waals surface area contributed by atoms with Gasteiger partial charge in [-0.05, 0) is 36.5 Å². The highest BCUT2D eigenvalue weighted by atomic mass is 35.5. The molecule has 1 aliphatic carbocycles. The minimum Gasteiger partial charge on any atom is -0.310 e. The first-order valence-electron chi connectivity index (χ1n) is 7.43. The van der Waals surface area contributed by atoms with Gasteiger partial charge in [0, 0.05) is 31.4 Å². The molecule has 1 aliphatic rings. The Morgan fingerprint density at radius 2 is 2.13 bits per heavy atom. The molecule has 23 heavy (non-hydrogen) atoms. The van der Waals surface area contributed by atoms with E-state index in [4.69, 9.17) is 11.6 Å². The van der Waals surface area contributed by atoms with Crippen molar-refractivity contribution in [2.45, 2.75) is 37.8 Å². The third kappa shape index (κ3) is 3.53. The zero-order chi connectivity index (χ0) is 16.6. The standard InChI is InChI=1S/C16H17ClF3N3/c1-23-8-11(15(22-23)16(19)20)7-21-12-4-10(5-12)9-2-3-14(18)13(17)6-9/h2-3,6,8,10,12,16,21H,4-5,7H2,1H3. The van der Waals surface area contributed by atoms with Crippen LogP contribution in [0.5, 0.6) is 0 Å². The van der Waals surface area contributed by atoms with E-state index < -0.39 is 12.2 Å². The van der Waals surface area contributed by atoms with Gasteiger partial charge in [0.1, 0.15) is 11.5 Å². The smallest absolute Gasteiger partial charge is 0.282 e. The predicted molar refractivity (Wildman–Crippen MR) is 82.2 cm³/mol. The fraction of sp³-hybridized carbons (Fsp3) is 0.438. The molecule has 1 saturated carbocycles. The highest BCUT2D eigenvalue weighted by Gasteiger charge is 2.30. The van der Waals surface area contributed by atoms with E-state index in [1.54, 1.807) is 25.4 Å². The van der Waals surface area contributed by atoms with E-state index in [0.717, 1.165) is 18.4 Å². The quantitative estimate of drug-likeness (QED) is 0.882. The fourth-order valence-electron chi connectivity index (χ4n) is 2.95. The Hall–Kier alpha value is -1.53. The number of rotatable bonds is 5. The lowest BCUT2D eigenvalue weighted by atomic mass is 9.76. The molecule has 7 heteroatoms. The van der Waals surface area contributed by atoms with E-state index in [2.05, 4.69) is 10.4 Å². The maximum atomic E-state index is 13.2. The number of alkyl halides is 2. The third-order valence-electron chi connectivity index (χ3n) is 4.28. The molecule has 124 valence electrons. The van der Waals surface area contributed by atoms with Gasteiger partial charge in [-0.25, -0.2) is 13.2 Å². The largest absolute Gasteiger partial charge is 0.310 e. The number of hydrogen-bond donors (Lipinski definition) is 1. The van der Waals surface area contributed by atoms with E-state index in [1.807, 2.05) is 0 Å². The lowest BCUT2D eigenvalue weighted by molar-refractivity contribution is 0.143. The molecule has 0 aliphatic heterocycles. The second-order valence-electron chi connectivity index (χ2n) is 5.93. The normalized spacial score (nSPS) is 20.8. The molecule has 0 atom stereocenters. The van der Waals surface area contributed by atoms with E-state index in [0.29, 0.717) is 18.0 Å². The Labute approximate surface area is 137 Å². The average molecular weight is 344 g/mol. The second-order valence-corrected chi connectivity index (χ2v) is 6.34. The summed E-state index contributed by atoms with van der Waals surface area (Å²) in [4.78, 5) is 0. The van der Waals surface area contributed by atoms with Crippen molar-refractivity contribution in [3.8, 4) is 0 Å². The van der Waals surface area contributed by atoms with Crippen molar-refractivity contribution in [1.82, 2.24) is 15.1 Å². The summed E-state index contributed by atoms with van der Waals surface area (Å²) >= 11 is 5.80. The van der Waals surface area contributed by atoms with Crippen LogP contribution in [0.25, 0.3) is 0 Å².